The van der Waals surface area contributed by atoms with Crippen molar-refractivity contribution in [1.29, 1.82) is 0 Å². The van der Waals surface area contributed by atoms with E-state index in [1.54, 1.807) is 12.1 Å². The fraction of sp³-hybridized carbons (Fsp3) is 0.143. The minimum absolute atomic E-state index is 0.0147. The maximum atomic E-state index is 12.0. The first-order chi connectivity index (χ1) is 11.2. The first-order valence-corrected chi connectivity index (χ1v) is 9.27. The van der Waals surface area contributed by atoms with Gasteiger partial charge in [0.1, 0.15) is 5.69 Å². The number of sulfonamides is 1. The molecule has 1 amide bonds. The van der Waals surface area contributed by atoms with Crippen LogP contribution >= 0.6 is 34.8 Å². The molecule has 6 nitrogen and oxygen atoms in total. The van der Waals surface area contributed by atoms with Crippen LogP contribution in [0.1, 0.15) is 16.1 Å². The maximum Gasteiger partial charge on any atom is 0.271 e. The standard InChI is InChI=1S/C14H12Cl3N3O3S/c15-10-7-20-13(12(17)11(10)16)14(21)19-6-5-8-1-3-9(4-2-8)24(18,22)23/h1-4,7H,5-6H2,(H,19,21)(H2,18,22,23). The van der Waals surface area contributed by atoms with Gasteiger partial charge in [0.05, 0.1) is 20.0 Å². The first kappa shape index (κ1) is 19.0. The molecule has 10 heteroatoms. The summed E-state index contributed by atoms with van der Waals surface area (Å²) in [6, 6.07) is 6.06. The second-order valence-corrected chi connectivity index (χ2v) is 7.50. The van der Waals surface area contributed by atoms with Crippen molar-refractivity contribution in [3.05, 3.63) is 56.8 Å². The lowest BCUT2D eigenvalue weighted by molar-refractivity contribution is 0.0949. The molecule has 2 rings (SSSR count). The molecule has 3 N–H and O–H groups in total. The number of pyridine rings is 1. The fourth-order valence-corrected chi connectivity index (χ4v) is 2.93. The Kier molecular flexibility index (Phi) is 6.06. The normalized spacial score (nSPS) is 11.3. The van der Waals surface area contributed by atoms with E-state index in [1.807, 2.05) is 0 Å². The van der Waals surface area contributed by atoms with Gasteiger partial charge in [0.25, 0.3) is 5.91 Å². The van der Waals surface area contributed by atoms with Gasteiger partial charge < -0.3 is 5.32 Å². The highest BCUT2D eigenvalue weighted by Gasteiger charge is 2.16. The van der Waals surface area contributed by atoms with E-state index in [2.05, 4.69) is 10.3 Å². The molecule has 24 heavy (non-hydrogen) atoms. The number of benzene rings is 1. The van der Waals surface area contributed by atoms with Crippen molar-refractivity contribution < 1.29 is 13.2 Å². The van der Waals surface area contributed by atoms with Crippen LogP contribution in [0.25, 0.3) is 0 Å². The number of amides is 1. The van der Waals surface area contributed by atoms with Gasteiger partial charge in [-0.05, 0) is 24.1 Å². The lowest BCUT2D eigenvalue weighted by Crippen LogP contribution is -2.27. The number of nitrogens with two attached hydrogens (primary N) is 1. The van der Waals surface area contributed by atoms with Gasteiger partial charge in [-0.25, -0.2) is 18.5 Å². The van der Waals surface area contributed by atoms with Crippen molar-refractivity contribution in [1.82, 2.24) is 10.3 Å². The van der Waals surface area contributed by atoms with Gasteiger partial charge in [-0.15, -0.1) is 0 Å². The summed E-state index contributed by atoms with van der Waals surface area (Å²) in [5.74, 6) is -0.486. The van der Waals surface area contributed by atoms with Crippen molar-refractivity contribution in [3.8, 4) is 0 Å². The Balaban J connectivity index is 1.97. The van der Waals surface area contributed by atoms with Gasteiger partial charge in [0, 0.05) is 12.7 Å². The molecule has 1 aromatic heterocycles. The number of nitrogens with one attached hydrogen (secondary N) is 1. The molecule has 0 atom stereocenters. The first-order valence-electron chi connectivity index (χ1n) is 6.59. The molecular weight excluding hydrogens is 397 g/mol. The number of carbonyl (C=O) groups is 1. The third-order valence-corrected chi connectivity index (χ3v) is 5.25. The number of carbonyl (C=O) groups excluding carboxylic acids is 1. The SMILES string of the molecule is NS(=O)(=O)c1ccc(CCNC(=O)c2ncc(Cl)c(Cl)c2Cl)cc1. The molecule has 0 unspecified atom stereocenters. The van der Waals surface area contributed by atoms with E-state index in [-0.39, 0.29) is 25.7 Å². The minimum atomic E-state index is -3.72. The molecule has 128 valence electrons. The molecule has 0 saturated heterocycles. The number of hydrogen-bond donors (Lipinski definition) is 2. The van der Waals surface area contributed by atoms with Crippen molar-refractivity contribution in [2.24, 2.45) is 5.14 Å². The topological polar surface area (TPSA) is 102 Å². The summed E-state index contributed by atoms with van der Waals surface area (Å²) in [5, 5.41) is 7.89. The second-order valence-electron chi connectivity index (χ2n) is 4.78. The number of primary sulfonamides is 1. The Bertz CT molecular complexity index is 871. The Morgan fingerprint density at radius 2 is 1.75 bits per heavy atom. The summed E-state index contributed by atoms with van der Waals surface area (Å²) < 4.78 is 22.3. The third kappa shape index (κ3) is 4.58. The van der Waals surface area contributed by atoms with Crippen LogP contribution in [0.15, 0.2) is 35.4 Å². The van der Waals surface area contributed by atoms with Crippen molar-refractivity contribution in [3.63, 3.8) is 0 Å². The average Bonchev–Trinajstić information content (AvgIpc) is 2.52. The highest BCUT2D eigenvalue weighted by Crippen LogP contribution is 2.30. The van der Waals surface area contributed by atoms with Gasteiger partial charge in [0.2, 0.25) is 10.0 Å². The van der Waals surface area contributed by atoms with E-state index < -0.39 is 15.9 Å². The predicted molar refractivity (Wildman–Crippen MR) is 93.1 cm³/mol. The largest absolute Gasteiger partial charge is 0.350 e. The second kappa shape index (κ2) is 7.67. The Hall–Kier alpha value is -1.38. The number of rotatable bonds is 5. The number of hydrogen-bond acceptors (Lipinski definition) is 4. The average molecular weight is 409 g/mol. The van der Waals surface area contributed by atoms with Crippen LogP contribution in [0.5, 0.6) is 0 Å². The summed E-state index contributed by atoms with van der Waals surface area (Å²) in [7, 11) is -3.72. The molecule has 0 spiro atoms. The summed E-state index contributed by atoms with van der Waals surface area (Å²) in [6.07, 6.45) is 1.73. The van der Waals surface area contributed by atoms with E-state index in [0.717, 1.165) is 5.56 Å². The van der Waals surface area contributed by atoms with Crippen LogP contribution in [0.3, 0.4) is 0 Å². The van der Waals surface area contributed by atoms with Gasteiger partial charge in [-0.1, -0.05) is 46.9 Å². The van der Waals surface area contributed by atoms with Gasteiger partial charge in [-0.2, -0.15) is 0 Å². The van der Waals surface area contributed by atoms with Crippen LogP contribution in [-0.4, -0.2) is 25.9 Å². The van der Waals surface area contributed by atoms with Crippen LogP contribution < -0.4 is 10.5 Å². The zero-order valence-electron chi connectivity index (χ0n) is 12.1. The van der Waals surface area contributed by atoms with Crippen LogP contribution in [0.4, 0.5) is 0 Å². The molecule has 0 aliphatic carbocycles. The molecule has 0 aliphatic heterocycles. The summed E-state index contributed by atoms with van der Waals surface area (Å²) in [5.41, 5.74) is 0.812. The van der Waals surface area contributed by atoms with Gasteiger partial charge >= 0.3 is 0 Å². The van der Waals surface area contributed by atoms with Crippen molar-refractivity contribution >= 4 is 50.7 Å². The predicted octanol–water partition coefficient (Wildman–Crippen LogP) is 2.66. The molecule has 0 bridgehead atoms. The van der Waals surface area contributed by atoms with Crippen LogP contribution in [0, 0.1) is 0 Å². The molecule has 0 saturated carbocycles. The quantitative estimate of drug-likeness (QED) is 0.794. The Morgan fingerprint density at radius 3 is 2.33 bits per heavy atom. The minimum Gasteiger partial charge on any atom is -0.350 e. The molecule has 1 heterocycles. The van der Waals surface area contributed by atoms with Crippen molar-refractivity contribution in [2.45, 2.75) is 11.3 Å². The molecular formula is C14H12Cl3N3O3S. The van der Waals surface area contributed by atoms with Crippen LogP contribution in [0.2, 0.25) is 15.1 Å². The molecule has 0 aliphatic rings. The summed E-state index contributed by atoms with van der Waals surface area (Å²) in [6.45, 7) is 0.297. The highest BCUT2D eigenvalue weighted by molar-refractivity contribution is 7.89. The van der Waals surface area contributed by atoms with E-state index in [4.69, 9.17) is 39.9 Å². The third-order valence-electron chi connectivity index (χ3n) is 3.08. The molecule has 0 fully saturated rings. The Morgan fingerprint density at radius 1 is 1.12 bits per heavy atom. The summed E-state index contributed by atoms with van der Waals surface area (Å²) >= 11 is 17.6. The molecule has 1 aromatic carbocycles. The van der Waals surface area contributed by atoms with Crippen LogP contribution in [-0.2, 0) is 16.4 Å². The molecule has 2 aromatic rings. The maximum absolute atomic E-state index is 12.0. The van der Waals surface area contributed by atoms with E-state index >= 15 is 0 Å². The van der Waals surface area contributed by atoms with Gasteiger partial charge in [-0.3, -0.25) is 4.79 Å². The zero-order valence-corrected chi connectivity index (χ0v) is 15.2. The fourth-order valence-electron chi connectivity index (χ4n) is 1.85. The van der Waals surface area contributed by atoms with Crippen molar-refractivity contribution in [2.75, 3.05) is 6.54 Å². The van der Waals surface area contributed by atoms with E-state index in [9.17, 15) is 13.2 Å². The number of aromatic nitrogens is 1. The lowest BCUT2D eigenvalue weighted by Gasteiger charge is -2.08. The smallest absolute Gasteiger partial charge is 0.271 e. The lowest BCUT2D eigenvalue weighted by atomic mass is 10.1. The van der Waals surface area contributed by atoms with Gasteiger partial charge in [0.15, 0.2) is 0 Å². The number of halogens is 3. The summed E-state index contributed by atoms with van der Waals surface area (Å²) in [4.78, 5) is 15.9. The Labute approximate surface area is 154 Å². The number of nitrogens with zero attached hydrogens (tertiary/aromatic N) is 1. The monoisotopic (exact) mass is 407 g/mol. The molecule has 0 radical (unpaired) electrons. The zero-order chi connectivity index (χ0) is 17.9. The highest BCUT2D eigenvalue weighted by atomic mass is 35.5. The van der Waals surface area contributed by atoms with E-state index in [1.165, 1.54) is 18.3 Å². The van der Waals surface area contributed by atoms with E-state index in [0.29, 0.717) is 13.0 Å².